The maximum absolute atomic E-state index is 12.8. The van der Waals surface area contributed by atoms with Gasteiger partial charge in [-0.3, -0.25) is 15.0 Å². The molecule has 0 bridgehead atoms. The lowest BCUT2D eigenvalue weighted by molar-refractivity contribution is -0.384. The van der Waals surface area contributed by atoms with Gasteiger partial charge in [0.05, 0.1) is 24.0 Å². The highest BCUT2D eigenvalue weighted by molar-refractivity contribution is 7.89. The highest BCUT2D eigenvalue weighted by atomic mass is 32.2. The van der Waals surface area contributed by atoms with Crippen LogP contribution in [0, 0.1) is 10.1 Å². The molecule has 1 fully saturated rings. The molecule has 0 spiro atoms. The Morgan fingerprint density at radius 1 is 1.00 bits per heavy atom. The Labute approximate surface area is 169 Å². The van der Waals surface area contributed by atoms with E-state index in [9.17, 15) is 18.5 Å². The third kappa shape index (κ3) is 4.66. The minimum absolute atomic E-state index is 0.0633. The van der Waals surface area contributed by atoms with Crippen LogP contribution in [0.5, 0.6) is 11.5 Å². The Balaban J connectivity index is 1.65. The number of sulfonamides is 1. The monoisotopic (exact) mass is 421 g/mol. The average molecular weight is 421 g/mol. The Hall–Kier alpha value is -2.69. The third-order valence-electron chi connectivity index (χ3n) is 4.90. The van der Waals surface area contributed by atoms with E-state index in [1.54, 1.807) is 14.2 Å². The highest BCUT2D eigenvalue weighted by Gasteiger charge is 2.29. The maximum atomic E-state index is 12.8. The van der Waals surface area contributed by atoms with Gasteiger partial charge in [0.1, 0.15) is 11.5 Å². The van der Waals surface area contributed by atoms with Crippen LogP contribution >= 0.6 is 0 Å². The molecular weight excluding hydrogens is 398 g/mol. The van der Waals surface area contributed by atoms with Crippen LogP contribution in [0.15, 0.2) is 47.4 Å². The number of nitro groups is 1. The zero-order valence-electron chi connectivity index (χ0n) is 16.3. The van der Waals surface area contributed by atoms with E-state index in [-0.39, 0.29) is 10.6 Å². The first-order chi connectivity index (χ1) is 13.8. The van der Waals surface area contributed by atoms with Crippen LogP contribution in [0.25, 0.3) is 0 Å². The zero-order valence-corrected chi connectivity index (χ0v) is 17.1. The summed E-state index contributed by atoms with van der Waals surface area (Å²) in [6.45, 7) is 2.47. The molecule has 0 N–H and O–H groups in total. The Morgan fingerprint density at radius 2 is 1.66 bits per heavy atom. The van der Waals surface area contributed by atoms with Crippen molar-refractivity contribution in [1.82, 2.24) is 9.21 Å². The van der Waals surface area contributed by atoms with Crippen molar-refractivity contribution in [3.63, 3.8) is 0 Å². The number of methoxy groups -OCH3 is 2. The van der Waals surface area contributed by atoms with Crippen LogP contribution in [-0.4, -0.2) is 62.9 Å². The largest absolute Gasteiger partial charge is 0.497 e. The number of piperazine rings is 1. The normalized spacial score (nSPS) is 15.8. The van der Waals surface area contributed by atoms with Gasteiger partial charge in [-0.1, -0.05) is 6.07 Å². The molecule has 2 aromatic rings. The summed E-state index contributed by atoms with van der Waals surface area (Å²) in [7, 11) is -0.479. The van der Waals surface area contributed by atoms with Crippen molar-refractivity contribution in [3.05, 3.63) is 58.1 Å². The number of non-ortho nitro benzene ring substituents is 1. The Bertz CT molecular complexity index is 970. The van der Waals surface area contributed by atoms with E-state index in [0.29, 0.717) is 38.5 Å². The molecule has 156 valence electrons. The van der Waals surface area contributed by atoms with E-state index in [2.05, 4.69) is 4.90 Å². The summed E-state index contributed by atoms with van der Waals surface area (Å²) >= 11 is 0. The molecule has 3 rings (SSSR count). The lowest BCUT2D eigenvalue weighted by Gasteiger charge is -2.34. The number of nitrogens with zero attached hydrogens (tertiary/aromatic N) is 3. The van der Waals surface area contributed by atoms with E-state index < -0.39 is 14.9 Å². The van der Waals surface area contributed by atoms with E-state index in [1.807, 2.05) is 18.2 Å². The second kappa shape index (κ2) is 8.76. The molecule has 1 aliphatic heterocycles. The number of hydrogen-bond donors (Lipinski definition) is 0. The molecule has 0 radical (unpaired) electrons. The predicted molar refractivity (Wildman–Crippen MR) is 107 cm³/mol. The minimum Gasteiger partial charge on any atom is -0.497 e. The van der Waals surface area contributed by atoms with Gasteiger partial charge in [-0.25, -0.2) is 8.42 Å². The number of ether oxygens (including phenoxy) is 2. The Kier molecular flexibility index (Phi) is 6.36. The topological polar surface area (TPSA) is 102 Å². The highest BCUT2D eigenvalue weighted by Crippen LogP contribution is 2.27. The molecule has 10 heteroatoms. The number of rotatable bonds is 7. The van der Waals surface area contributed by atoms with E-state index in [4.69, 9.17) is 9.47 Å². The molecule has 29 heavy (non-hydrogen) atoms. The van der Waals surface area contributed by atoms with Crippen molar-refractivity contribution in [2.75, 3.05) is 40.4 Å². The van der Waals surface area contributed by atoms with Crippen LogP contribution in [-0.2, 0) is 16.6 Å². The zero-order chi connectivity index (χ0) is 21.0. The SMILES string of the molecule is COc1ccc(CN2CCN(S(=O)(=O)c3ccc([N+](=O)[O-])cc3)CC2)c(OC)c1. The van der Waals surface area contributed by atoms with Crippen molar-refractivity contribution in [2.45, 2.75) is 11.4 Å². The maximum Gasteiger partial charge on any atom is 0.269 e. The molecule has 0 aromatic heterocycles. The molecule has 1 saturated heterocycles. The fourth-order valence-corrected chi connectivity index (χ4v) is 4.66. The van der Waals surface area contributed by atoms with Gasteiger partial charge in [0.15, 0.2) is 0 Å². The molecule has 0 amide bonds. The lowest BCUT2D eigenvalue weighted by Crippen LogP contribution is -2.48. The second-order valence-electron chi connectivity index (χ2n) is 6.61. The van der Waals surface area contributed by atoms with Gasteiger partial charge < -0.3 is 9.47 Å². The first-order valence-electron chi connectivity index (χ1n) is 9.03. The van der Waals surface area contributed by atoms with Gasteiger partial charge in [-0.2, -0.15) is 4.31 Å². The molecule has 1 aliphatic rings. The third-order valence-corrected chi connectivity index (χ3v) is 6.82. The number of nitro benzene ring substituents is 1. The molecule has 0 atom stereocenters. The van der Waals surface area contributed by atoms with Crippen LogP contribution in [0.4, 0.5) is 5.69 Å². The van der Waals surface area contributed by atoms with Crippen LogP contribution in [0.1, 0.15) is 5.56 Å². The van der Waals surface area contributed by atoms with Gasteiger partial charge in [0, 0.05) is 56.5 Å². The van der Waals surface area contributed by atoms with E-state index in [1.165, 1.54) is 28.6 Å². The molecular formula is C19H23N3O6S. The van der Waals surface area contributed by atoms with Gasteiger partial charge in [-0.15, -0.1) is 0 Å². The Morgan fingerprint density at radius 3 is 2.21 bits per heavy atom. The van der Waals surface area contributed by atoms with Crippen LogP contribution in [0.2, 0.25) is 0 Å². The molecule has 0 unspecified atom stereocenters. The van der Waals surface area contributed by atoms with E-state index in [0.717, 1.165) is 11.3 Å². The summed E-state index contributed by atoms with van der Waals surface area (Å²) in [6.07, 6.45) is 0. The van der Waals surface area contributed by atoms with Gasteiger partial charge in [0.25, 0.3) is 5.69 Å². The molecule has 1 heterocycles. The standard InChI is InChI=1S/C19H23N3O6S/c1-27-17-6-3-15(19(13-17)28-2)14-20-9-11-21(12-10-20)29(25,26)18-7-4-16(5-8-18)22(23)24/h3-8,13H,9-12,14H2,1-2H3. The number of hydrogen-bond acceptors (Lipinski definition) is 7. The molecule has 2 aromatic carbocycles. The van der Waals surface area contributed by atoms with Crippen molar-refractivity contribution < 1.29 is 22.8 Å². The van der Waals surface area contributed by atoms with Crippen LogP contribution < -0.4 is 9.47 Å². The molecule has 0 aliphatic carbocycles. The summed E-state index contributed by atoms with van der Waals surface area (Å²) in [5.74, 6) is 1.44. The predicted octanol–water partition coefficient (Wildman–Crippen LogP) is 2.12. The van der Waals surface area contributed by atoms with Crippen molar-refractivity contribution in [1.29, 1.82) is 0 Å². The van der Waals surface area contributed by atoms with Crippen molar-refractivity contribution in [2.24, 2.45) is 0 Å². The average Bonchev–Trinajstić information content (AvgIpc) is 2.74. The summed E-state index contributed by atoms with van der Waals surface area (Å²) in [4.78, 5) is 12.4. The number of benzene rings is 2. The van der Waals surface area contributed by atoms with Crippen LogP contribution in [0.3, 0.4) is 0 Å². The fourth-order valence-electron chi connectivity index (χ4n) is 3.24. The minimum atomic E-state index is -3.68. The molecule has 0 saturated carbocycles. The smallest absolute Gasteiger partial charge is 0.269 e. The van der Waals surface area contributed by atoms with E-state index >= 15 is 0 Å². The fraction of sp³-hybridized carbons (Fsp3) is 0.368. The van der Waals surface area contributed by atoms with Gasteiger partial charge >= 0.3 is 0 Å². The summed E-state index contributed by atoms with van der Waals surface area (Å²) in [5, 5.41) is 10.8. The van der Waals surface area contributed by atoms with Crippen molar-refractivity contribution in [3.8, 4) is 11.5 Å². The summed E-state index contributed by atoms with van der Waals surface area (Å²) < 4.78 is 37.7. The van der Waals surface area contributed by atoms with Gasteiger partial charge in [0.2, 0.25) is 10.0 Å². The molecule has 9 nitrogen and oxygen atoms in total. The first kappa shape index (κ1) is 21.0. The summed E-state index contributed by atoms with van der Waals surface area (Å²) in [6, 6.07) is 10.6. The van der Waals surface area contributed by atoms with Crippen molar-refractivity contribution >= 4 is 15.7 Å². The second-order valence-corrected chi connectivity index (χ2v) is 8.55. The summed E-state index contributed by atoms with van der Waals surface area (Å²) in [5.41, 5.74) is 0.863. The first-order valence-corrected chi connectivity index (χ1v) is 10.5. The quantitative estimate of drug-likeness (QED) is 0.498. The lowest BCUT2D eigenvalue weighted by atomic mass is 10.1. The van der Waals surface area contributed by atoms with Gasteiger partial charge in [-0.05, 0) is 18.2 Å².